The van der Waals surface area contributed by atoms with Gasteiger partial charge >= 0.3 is 12.3 Å². The van der Waals surface area contributed by atoms with Gasteiger partial charge in [-0.25, -0.2) is 9.89 Å². The number of nitrogens with one attached hydrogen (secondary N) is 2. The van der Waals surface area contributed by atoms with E-state index in [1.165, 1.54) is 23.1 Å². The summed E-state index contributed by atoms with van der Waals surface area (Å²) in [4.78, 5) is 44.7. The second-order valence-corrected chi connectivity index (χ2v) is 13.3. The predicted molar refractivity (Wildman–Crippen MR) is 178 cm³/mol. The number of alkyl carbamates (subject to hydrolysis) is 1. The lowest BCUT2D eigenvalue weighted by atomic mass is 9.81. The Hall–Kier alpha value is -5.34. The van der Waals surface area contributed by atoms with Gasteiger partial charge in [0.2, 0.25) is 11.8 Å². The lowest BCUT2D eigenvalue weighted by Gasteiger charge is -2.36. The summed E-state index contributed by atoms with van der Waals surface area (Å²) in [6.07, 6.45) is -1.80. The summed E-state index contributed by atoms with van der Waals surface area (Å²) in [6.45, 7) is 5.77. The zero-order chi connectivity index (χ0) is 36.1. The molecule has 12 nitrogen and oxygen atoms in total. The molecule has 2 heterocycles. The third kappa shape index (κ3) is 9.01. The molecule has 4 N–H and O–H groups in total. The van der Waals surface area contributed by atoms with Gasteiger partial charge < -0.3 is 15.8 Å². The van der Waals surface area contributed by atoms with Crippen molar-refractivity contribution >= 4 is 23.6 Å². The molecule has 15 heteroatoms. The highest BCUT2D eigenvalue weighted by molar-refractivity contribution is 6.01. The van der Waals surface area contributed by atoms with E-state index in [-0.39, 0.29) is 29.4 Å². The fourth-order valence-corrected chi connectivity index (χ4v) is 6.15. The van der Waals surface area contributed by atoms with Crippen LogP contribution in [0.1, 0.15) is 57.7 Å². The summed E-state index contributed by atoms with van der Waals surface area (Å²) < 4.78 is 46.7. The fraction of sp³-hybridized carbons (Fsp3) is 0.400. The first kappa shape index (κ1) is 36.0. The van der Waals surface area contributed by atoms with E-state index < -0.39 is 41.4 Å². The molecule has 50 heavy (non-hydrogen) atoms. The van der Waals surface area contributed by atoms with Crippen molar-refractivity contribution in [2.75, 3.05) is 11.4 Å². The van der Waals surface area contributed by atoms with Crippen molar-refractivity contribution in [2.45, 2.75) is 70.7 Å². The molecule has 0 spiro atoms. The lowest BCUT2D eigenvalue weighted by molar-refractivity contribution is -0.140. The van der Waals surface area contributed by atoms with Gasteiger partial charge in [0.25, 0.3) is 0 Å². The molecule has 0 aliphatic heterocycles. The number of H-pyrrole nitrogens is 1. The number of anilines is 1. The summed E-state index contributed by atoms with van der Waals surface area (Å²) in [5, 5.41) is 16.6. The van der Waals surface area contributed by atoms with Crippen molar-refractivity contribution in [3.63, 3.8) is 0 Å². The number of primary amides is 1. The SMILES string of the molecule is CC(C)(C)OC(=O)NC[C@H]1CC[C@H](C(=O)N(c2ccc(-c3nnn[nH]3)cc2)[C@@H](Cc2cccc(-c3cccnc3C(F)(F)F)c2)C(N)=O)CC1. The van der Waals surface area contributed by atoms with Crippen LogP contribution in [0.2, 0.25) is 0 Å². The number of nitrogens with two attached hydrogens (primary N) is 1. The molecule has 4 aromatic rings. The minimum absolute atomic E-state index is 0.0561. The summed E-state index contributed by atoms with van der Waals surface area (Å²) in [5.74, 6) is -0.976. The average Bonchev–Trinajstić information content (AvgIpc) is 3.62. The van der Waals surface area contributed by atoms with Crippen LogP contribution in [0.25, 0.3) is 22.5 Å². The molecule has 2 aromatic heterocycles. The summed E-state index contributed by atoms with van der Waals surface area (Å²) in [6, 6.07) is 14.7. The van der Waals surface area contributed by atoms with Crippen LogP contribution >= 0.6 is 0 Å². The third-order valence-corrected chi connectivity index (χ3v) is 8.52. The highest BCUT2D eigenvalue weighted by Crippen LogP contribution is 2.36. The smallest absolute Gasteiger partial charge is 0.433 e. The highest BCUT2D eigenvalue weighted by Gasteiger charge is 2.37. The number of carbonyl (C=O) groups is 3. The van der Waals surface area contributed by atoms with Crippen LogP contribution in [-0.4, -0.2) is 61.7 Å². The standard InChI is InChI=1S/C35H39F3N8O4/c1-34(2,3)50-33(49)41-20-21-9-11-24(12-10-21)32(48)46(26-15-13-23(14-16-26)31-42-44-45-43-31)28(30(39)47)19-22-6-4-7-25(18-22)27-8-5-17-40-29(27)35(36,37)38/h4-8,13-18,21,24,28H,9-12,19-20H2,1-3H3,(H2,39,47)(H,41,49)(H,42,43,44,45)/t21-,24-,28-/m0/s1. The molecule has 5 rings (SSSR count). The predicted octanol–water partition coefficient (Wildman–Crippen LogP) is 5.71. The second kappa shape index (κ2) is 15.0. The maximum absolute atomic E-state index is 14.4. The Morgan fingerprint density at radius 2 is 1.72 bits per heavy atom. The van der Waals surface area contributed by atoms with E-state index in [2.05, 4.69) is 30.9 Å². The average molecular weight is 693 g/mol. The van der Waals surface area contributed by atoms with E-state index in [1.807, 2.05) is 0 Å². The van der Waals surface area contributed by atoms with Crippen molar-refractivity contribution in [1.29, 1.82) is 0 Å². The largest absolute Gasteiger partial charge is 0.444 e. The van der Waals surface area contributed by atoms with Gasteiger partial charge in [-0.15, -0.1) is 5.10 Å². The number of amides is 3. The van der Waals surface area contributed by atoms with E-state index in [9.17, 15) is 27.6 Å². The molecule has 1 fully saturated rings. The number of ether oxygens (including phenoxy) is 1. The van der Waals surface area contributed by atoms with E-state index >= 15 is 0 Å². The van der Waals surface area contributed by atoms with Crippen molar-refractivity contribution in [2.24, 2.45) is 17.6 Å². The number of alkyl halides is 3. The number of carbonyl (C=O) groups excluding carboxylic acids is 3. The summed E-state index contributed by atoms with van der Waals surface area (Å²) >= 11 is 0. The molecule has 0 bridgehead atoms. The quantitative estimate of drug-likeness (QED) is 0.190. The van der Waals surface area contributed by atoms with Crippen molar-refractivity contribution in [1.82, 2.24) is 30.9 Å². The van der Waals surface area contributed by atoms with Gasteiger partial charge in [0.1, 0.15) is 11.6 Å². The molecule has 0 radical (unpaired) electrons. The number of benzene rings is 2. The van der Waals surface area contributed by atoms with Gasteiger partial charge in [0.05, 0.1) is 0 Å². The number of aromatic nitrogens is 5. The fourth-order valence-electron chi connectivity index (χ4n) is 6.15. The Morgan fingerprint density at radius 1 is 1.00 bits per heavy atom. The number of halogens is 3. The molecule has 1 saturated carbocycles. The monoisotopic (exact) mass is 692 g/mol. The van der Waals surface area contributed by atoms with Crippen LogP contribution in [0.4, 0.5) is 23.7 Å². The van der Waals surface area contributed by atoms with Crippen LogP contribution in [0.15, 0.2) is 66.9 Å². The zero-order valence-electron chi connectivity index (χ0n) is 27.9. The maximum Gasteiger partial charge on any atom is 0.433 e. The van der Waals surface area contributed by atoms with Crippen molar-refractivity contribution in [3.8, 4) is 22.5 Å². The van der Waals surface area contributed by atoms with Gasteiger partial charge in [-0.05, 0) is 104 Å². The highest BCUT2D eigenvalue weighted by atomic mass is 19.4. The van der Waals surface area contributed by atoms with Crippen LogP contribution in [0, 0.1) is 11.8 Å². The van der Waals surface area contributed by atoms with E-state index in [1.54, 1.807) is 63.2 Å². The Kier molecular flexibility index (Phi) is 10.8. The molecule has 3 amide bonds. The van der Waals surface area contributed by atoms with Gasteiger partial charge in [-0.2, -0.15) is 13.2 Å². The second-order valence-electron chi connectivity index (χ2n) is 13.3. The van der Waals surface area contributed by atoms with Gasteiger partial charge in [0.15, 0.2) is 11.5 Å². The molecule has 1 atom stereocenters. The van der Waals surface area contributed by atoms with E-state index in [4.69, 9.17) is 10.5 Å². The molecule has 0 saturated heterocycles. The lowest BCUT2D eigenvalue weighted by Crippen LogP contribution is -2.52. The summed E-state index contributed by atoms with van der Waals surface area (Å²) in [5.41, 5.74) is 6.04. The number of hydrogen-bond acceptors (Lipinski definition) is 8. The van der Waals surface area contributed by atoms with Gasteiger partial charge in [-0.3, -0.25) is 19.5 Å². The van der Waals surface area contributed by atoms with Gasteiger partial charge in [-0.1, -0.05) is 30.3 Å². The number of aromatic amines is 1. The topological polar surface area (TPSA) is 169 Å². The van der Waals surface area contributed by atoms with Crippen LogP contribution in [-0.2, 0) is 26.9 Å². The van der Waals surface area contributed by atoms with Crippen LogP contribution in [0.3, 0.4) is 0 Å². The van der Waals surface area contributed by atoms with E-state index in [0.29, 0.717) is 54.9 Å². The Bertz CT molecular complexity index is 1780. The number of rotatable bonds is 10. The number of tetrazole rings is 1. The first-order chi connectivity index (χ1) is 23.7. The Morgan fingerprint density at radius 3 is 2.34 bits per heavy atom. The minimum Gasteiger partial charge on any atom is -0.444 e. The minimum atomic E-state index is -4.68. The van der Waals surface area contributed by atoms with Crippen molar-refractivity contribution < 1.29 is 32.3 Å². The first-order valence-corrected chi connectivity index (χ1v) is 16.2. The Balaban J connectivity index is 1.40. The number of pyridine rings is 1. The summed E-state index contributed by atoms with van der Waals surface area (Å²) in [7, 11) is 0. The molecule has 264 valence electrons. The molecular formula is C35H39F3N8O4. The van der Waals surface area contributed by atoms with Crippen molar-refractivity contribution in [3.05, 3.63) is 78.1 Å². The molecule has 2 aromatic carbocycles. The number of hydrogen-bond donors (Lipinski definition) is 3. The third-order valence-electron chi connectivity index (χ3n) is 8.52. The Labute approximate surface area is 287 Å². The first-order valence-electron chi connectivity index (χ1n) is 16.2. The van der Waals surface area contributed by atoms with E-state index in [0.717, 1.165) is 6.20 Å². The molecule has 0 unspecified atom stereocenters. The molecule has 1 aliphatic rings. The van der Waals surface area contributed by atoms with Crippen LogP contribution in [0.5, 0.6) is 0 Å². The molecule has 1 aliphatic carbocycles. The molecular weight excluding hydrogens is 653 g/mol. The zero-order valence-corrected chi connectivity index (χ0v) is 27.9. The van der Waals surface area contributed by atoms with Crippen LogP contribution < -0.4 is 16.0 Å². The van der Waals surface area contributed by atoms with Gasteiger partial charge in [0, 0.05) is 41.9 Å². The maximum atomic E-state index is 14.4. The number of nitrogens with zero attached hydrogens (tertiary/aromatic N) is 5. The normalized spacial score (nSPS) is 17.1.